The molecule has 1 aromatic carbocycles. The number of carbonyl (C=O) groups excluding carboxylic acids is 1. The topological polar surface area (TPSA) is 70.6 Å². The summed E-state index contributed by atoms with van der Waals surface area (Å²) in [5, 5.41) is 0.814. The van der Waals surface area contributed by atoms with E-state index in [4.69, 9.17) is 5.73 Å². The van der Waals surface area contributed by atoms with Crippen LogP contribution in [0.2, 0.25) is 0 Å². The van der Waals surface area contributed by atoms with Crippen LogP contribution in [0.1, 0.15) is 10.4 Å². The number of para-hydroxylation sites is 1. The summed E-state index contributed by atoms with van der Waals surface area (Å²) >= 11 is -1.07. The average Bonchev–Trinajstić information content (AvgIpc) is 2.72. The van der Waals surface area contributed by atoms with E-state index in [2.05, 4.69) is 0 Å². The lowest BCUT2D eigenvalue weighted by Gasteiger charge is -2.05. The van der Waals surface area contributed by atoms with Crippen LogP contribution in [0.25, 0.3) is 16.4 Å². The molecule has 5 heteroatoms. The third-order valence-corrected chi connectivity index (χ3v) is 4.09. The first-order valence-electron chi connectivity index (χ1n) is 5.75. The molecule has 4 nitrogen and oxygen atoms in total. The summed E-state index contributed by atoms with van der Waals surface area (Å²) in [5.74, 6) is -0.455. The summed E-state index contributed by atoms with van der Waals surface area (Å²) in [7, 11) is 0. The Labute approximate surface area is 113 Å². The fourth-order valence-corrected chi connectivity index (χ4v) is 2.86. The average molecular weight is 272 g/mol. The monoisotopic (exact) mass is 272 g/mol. The Balaban J connectivity index is 2.49. The summed E-state index contributed by atoms with van der Waals surface area (Å²) in [4.78, 5) is 12.4. The maximum atomic E-state index is 11.7. The van der Waals surface area contributed by atoms with Gasteiger partial charge in [0.1, 0.15) is 6.26 Å². The fraction of sp³-hybridized carbons (Fsp3) is 0.0714. The smallest absolute Gasteiger partial charge is 0.251 e. The molecule has 0 fully saturated rings. The fourth-order valence-electron chi connectivity index (χ4n) is 2.35. The van der Waals surface area contributed by atoms with Gasteiger partial charge in [0.05, 0.1) is 22.8 Å². The van der Waals surface area contributed by atoms with Crippen molar-refractivity contribution in [1.29, 1.82) is 0 Å². The number of nitrogens with two attached hydrogens (primary N) is 1. The van der Waals surface area contributed by atoms with E-state index in [1.165, 1.54) is 0 Å². The molecule has 3 rings (SSSR count). The number of carbonyl (C=O) groups is 1. The Hall–Kier alpha value is -1.98. The Morgan fingerprint density at radius 2 is 1.95 bits per heavy atom. The van der Waals surface area contributed by atoms with E-state index >= 15 is 0 Å². The third kappa shape index (κ3) is 1.78. The van der Waals surface area contributed by atoms with Gasteiger partial charge in [0.25, 0.3) is 5.91 Å². The van der Waals surface area contributed by atoms with E-state index < -0.39 is 17.1 Å². The van der Waals surface area contributed by atoms with Gasteiger partial charge in [0, 0.05) is 5.39 Å². The van der Waals surface area contributed by atoms with Crippen LogP contribution < -0.4 is 5.73 Å². The van der Waals surface area contributed by atoms with Gasteiger partial charge in [-0.3, -0.25) is 4.79 Å². The normalized spacial score (nSPS) is 12.9. The van der Waals surface area contributed by atoms with E-state index in [1.54, 1.807) is 24.6 Å². The molecule has 96 valence electrons. The van der Waals surface area contributed by atoms with Gasteiger partial charge in [-0.05, 0) is 29.4 Å². The number of hydrogen-bond acceptors (Lipinski definition) is 2. The van der Waals surface area contributed by atoms with Gasteiger partial charge in [-0.25, -0.2) is 0 Å². The predicted molar refractivity (Wildman–Crippen MR) is 75.8 cm³/mol. The molecule has 3 aromatic rings. The van der Waals surface area contributed by atoms with Gasteiger partial charge in [0.2, 0.25) is 0 Å². The summed E-state index contributed by atoms with van der Waals surface area (Å²) in [6, 6.07) is 11.1. The number of primary amides is 1. The molecule has 0 saturated heterocycles. The number of benzene rings is 1. The number of rotatable bonds is 2. The highest BCUT2D eigenvalue weighted by Gasteiger charge is 2.17. The van der Waals surface area contributed by atoms with Crippen molar-refractivity contribution in [1.82, 2.24) is 4.40 Å². The summed E-state index contributed by atoms with van der Waals surface area (Å²) in [5.41, 5.74) is 7.61. The van der Waals surface area contributed by atoms with Crippen molar-refractivity contribution in [3.63, 3.8) is 0 Å². The minimum atomic E-state index is -1.07. The van der Waals surface area contributed by atoms with Gasteiger partial charge >= 0.3 is 0 Å². The lowest BCUT2D eigenvalue weighted by Crippen LogP contribution is -2.10. The van der Waals surface area contributed by atoms with Crippen LogP contribution in [-0.4, -0.2) is 21.1 Å². The van der Waals surface area contributed by atoms with Gasteiger partial charge in [-0.2, -0.15) is 0 Å². The summed E-state index contributed by atoms with van der Waals surface area (Å²) in [6.45, 7) is 0. The molecule has 0 radical (unpaired) electrons. The highest BCUT2D eigenvalue weighted by atomic mass is 32.2. The number of nitrogens with zero attached hydrogens (tertiary/aromatic N) is 1. The Morgan fingerprint density at radius 3 is 2.63 bits per heavy atom. The standard InChI is InChI=1S/C14H12N2O2S/c1-19(18)9-6-7-12-13(14(15)17)10-4-2-3-5-11(10)16(12)8-9/h2-8H,1H3,(H2,15,17). The minimum Gasteiger partial charge on any atom is -0.612 e. The Kier molecular flexibility index (Phi) is 2.73. The zero-order valence-electron chi connectivity index (χ0n) is 10.3. The van der Waals surface area contributed by atoms with Crippen LogP contribution in [0, 0.1) is 0 Å². The summed E-state index contributed by atoms with van der Waals surface area (Å²) in [6.07, 6.45) is 3.42. The van der Waals surface area contributed by atoms with E-state index in [0.717, 1.165) is 16.4 Å². The molecule has 0 aliphatic heterocycles. The maximum absolute atomic E-state index is 11.7. The second-order valence-electron chi connectivity index (χ2n) is 4.33. The van der Waals surface area contributed by atoms with Crippen molar-refractivity contribution in [3.8, 4) is 0 Å². The second kappa shape index (κ2) is 4.29. The first-order valence-corrected chi connectivity index (χ1v) is 7.31. The lowest BCUT2D eigenvalue weighted by atomic mass is 10.1. The SMILES string of the molecule is C[S+]([O-])c1ccc2c(C(N)=O)c3ccccc3n2c1. The zero-order chi connectivity index (χ0) is 13.6. The molecule has 2 aromatic heterocycles. The Bertz CT molecular complexity index is 793. The molecule has 0 saturated carbocycles. The van der Waals surface area contributed by atoms with E-state index in [1.807, 2.05) is 28.7 Å². The number of hydrogen-bond donors (Lipinski definition) is 1. The number of amides is 1. The van der Waals surface area contributed by atoms with Gasteiger partial charge in [-0.15, -0.1) is 0 Å². The molecule has 0 bridgehead atoms. The lowest BCUT2D eigenvalue weighted by molar-refractivity contribution is 0.100. The molecule has 0 aliphatic carbocycles. The van der Waals surface area contributed by atoms with E-state index in [-0.39, 0.29) is 0 Å². The molecule has 1 unspecified atom stereocenters. The second-order valence-corrected chi connectivity index (χ2v) is 5.71. The van der Waals surface area contributed by atoms with Crippen molar-refractivity contribution in [2.24, 2.45) is 5.73 Å². The molecule has 2 heterocycles. The summed E-state index contributed by atoms with van der Waals surface area (Å²) < 4.78 is 13.4. The van der Waals surface area contributed by atoms with Crippen molar-refractivity contribution >= 4 is 33.5 Å². The molecule has 2 N–H and O–H groups in total. The largest absolute Gasteiger partial charge is 0.612 e. The number of pyridine rings is 1. The number of fused-ring (bicyclic) bond motifs is 3. The Morgan fingerprint density at radius 1 is 1.21 bits per heavy atom. The van der Waals surface area contributed by atoms with Crippen LogP contribution >= 0.6 is 0 Å². The maximum Gasteiger partial charge on any atom is 0.251 e. The number of aromatic nitrogens is 1. The molecule has 1 atom stereocenters. The predicted octanol–water partition coefficient (Wildman–Crippen LogP) is 1.93. The zero-order valence-corrected chi connectivity index (χ0v) is 11.1. The molecule has 0 spiro atoms. The van der Waals surface area contributed by atoms with E-state index in [9.17, 15) is 9.35 Å². The van der Waals surface area contributed by atoms with Crippen molar-refractivity contribution in [2.75, 3.05) is 6.26 Å². The van der Waals surface area contributed by atoms with Crippen molar-refractivity contribution in [2.45, 2.75) is 4.90 Å². The van der Waals surface area contributed by atoms with Crippen LogP contribution in [0.3, 0.4) is 0 Å². The molecular weight excluding hydrogens is 260 g/mol. The first-order chi connectivity index (χ1) is 9.09. The van der Waals surface area contributed by atoms with Crippen LogP contribution in [0.5, 0.6) is 0 Å². The quantitative estimate of drug-likeness (QED) is 0.724. The molecule has 1 amide bonds. The molecule has 19 heavy (non-hydrogen) atoms. The van der Waals surface area contributed by atoms with Crippen molar-refractivity contribution in [3.05, 3.63) is 48.2 Å². The van der Waals surface area contributed by atoms with Crippen LogP contribution in [0.15, 0.2) is 47.5 Å². The highest BCUT2D eigenvalue weighted by molar-refractivity contribution is 7.90. The van der Waals surface area contributed by atoms with Gasteiger partial charge < -0.3 is 14.7 Å². The molecule has 0 aliphatic rings. The van der Waals surface area contributed by atoms with Crippen LogP contribution in [-0.2, 0) is 11.2 Å². The third-order valence-electron chi connectivity index (χ3n) is 3.19. The van der Waals surface area contributed by atoms with Gasteiger partial charge in [-0.1, -0.05) is 18.2 Å². The van der Waals surface area contributed by atoms with Crippen LogP contribution in [0.4, 0.5) is 0 Å². The van der Waals surface area contributed by atoms with Crippen molar-refractivity contribution < 1.29 is 9.35 Å². The highest BCUT2D eigenvalue weighted by Crippen LogP contribution is 2.27. The van der Waals surface area contributed by atoms with Gasteiger partial charge in [0.15, 0.2) is 4.90 Å². The van der Waals surface area contributed by atoms with E-state index in [0.29, 0.717) is 10.5 Å². The molecular formula is C14H12N2O2S. The first kappa shape index (κ1) is 12.1. The minimum absolute atomic E-state index is 0.455.